The number of thiophene rings is 1. The van der Waals surface area contributed by atoms with E-state index >= 15 is 0 Å². The standard InChI is InChI=1S/C16H26N2O2S/c1-12(2)14-16(19)18(9-5-4-6-10-20-3)15(17-14)13-8-7-11-21-13/h7-8,11-12,14-15,17H,4-6,9-10H2,1-3H3. The highest BCUT2D eigenvalue weighted by atomic mass is 32.1. The largest absolute Gasteiger partial charge is 0.385 e. The maximum absolute atomic E-state index is 12.6. The molecule has 1 aliphatic rings. The van der Waals surface area contributed by atoms with Crippen LogP contribution in [0.2, 0.25) is 0 Å². The number of rotatable bonds is 8. The van der Waals surface area contributed by atoms with Crippen molar-refractivity contribution in [1.82, 2.24) is 10.2 Å². The molecule has 1 aromatic rings. The van der Waals surface area contributed by atoms with Gasteiger partial charge < -0.3 is 9.64 Å². The quantitative estimate of drug-likeness (QED) is 0.751. The van der Waals surface area contributed by atoms with Gasteiger partial charge >= 0.3 is 0 Å². The summed E-state index contributed by atoms with van der Waals surface area (Å²) in [5.41, 5.74) is 0. The summed E-state index contributed by atoms with van der Waals surface area (Å²) in [4.78, 5) is 15.9. The Morgan fingerprint density at radius 1 is 1.38 bits per heavy atom. The number of ether oxygens (including phenoxy) is 1. The van der Waals surface area contributed by atoms with E-state index in [0.29, 0.717) is 5.92 Å². The summed E-state index contributed by atoms with van der Waals surface area (Å²) in [5, 5.41) is 5.58. The molecule has 5 heteroatoms. The fourth-order valence-corrected chi connectivity index (χ4v) is 3.54. The Morgan fingerprint density at radius 3 is 2.81 bits per heavy atom. The highest BCUT2D eigenvalue weighted by Gasteiger charge is 2.40. The Kier molecular flexibility index (Phi) is 6.21. The van der Waals surface area contributed by atoms with Crippen LogP contribution >= 0.6 is 11.3 Å². The van der Waals surface area contributed by atoms with Crippen LogP contribution in [0.5, 0.6) is 0 Å². The van der Waals surface area contributed by atoms with Gasteiger partial charge in [0.2, 0.25) is 5.91 Å². The predicted molar refractivity (Wildman–Crippen MR) is 86.3 cm³/mol. The summed E-state index contributed by atoms with van der Waals surface area (Å²) in [6, 6.07) is 4.10. The molecule has 0 aromatic carbocycles. The van der Waals surface area contributed by atoms with Crippen LogP contribution in [0.1, 0.15) is 44.2 Å². The average Bonchev–Trinajstić information content (AvgIpc) is 3.07. The van der Waals surface area contributed by atoms with E-state index in [1.54, 1.807) is 18.4 Å². The minimum atomic E-state index is -0.0592. The molecule has 1 amide bonds. The van der Waals surface area contributed by atoms with Crippen LogP contribution in [0, 0.1) is 5.92 Å². The zero-order valence-corrected chi connectivity index (χ0v) is 14.0. The van der Waals surface area contributed by atoms with Crippen LogP contribution in [-0.2, 0) is 9.53 Å². The van der Waals surface area contributed by atoms with Crippen LogP contribution in [0.15, 0.2) is 17.5 Å². The number of carbonyl (C=O) groups excluding carboxylic acids is 1. The number of methoxy groups -OCH3 is 1. The van der Waals surface area contributed by atoms with Gasteiger partial charge in [0.05, 0.1) is 6.04 Å². The fraction of sp³-hybridized carbons (Fsp3) is 0.688. The van der Waals surface area contributed by atoms with Gasteiger partial charge in [-0.3, -0.25) is 10.1 Å². The topological polar surface area (TPSA) is 41.6 Å². The van der Waals surface area contributed by atoms with Crippen LogP contribution in [0.4, 0.5) is 0 Å². The van der Waals surface area contributed by atoms with E-state index in [1.807, 2.05) is 11.0 Å². The maximum atomic E-state index is 12.6. The van der Waals surface area contributed by atoms with Gasteiger partial charge in [-0.2, -0.15) is 0 Å². The van der Waals surface area contributed by atoms with E-state index in [0.717, 1.165) is 32.4 Å². The summed E-state index contributed by atoms with van der Waals surface area (Å²) in [5.74, 6) is 0.564. The molecular weight excluding hydrogens is 284 g/mol. The van der Waals surface area contributed by atoms with Crippen molar-refractivity contribution in [2.45, 2.75) is 45.3 Å². The monoisotopic (exact) mass is 310 g/mol. The van der Waals surface area contributed by atoms with Crippen molar-refractivity contribution in [3.05, 3.63) is 22.4 Å². The molecule has 1 N–H and O–H groups in total. The Labute approximate surface area is 131 Å². The van der Waals surface area contributed by atoms with E-state index in [-0.39, 0.29) is 18.1 Å². The average molecular weight is 310 g/mol. The van der Waals surface area contributed by atoms with Crippen molar-refractivity contribution in [3.63, 3.8) is 0 Å². The zero-order valence-electron chi connectivity index (χ0n) is 13.2. The third kappa shape index (κ3) is 4.05. The molecule has 2 atom stereocenters. The minimum absolute atomic E-state index is 0.0484. The maximum Gasteiger partial charge on any atom is 0.241 e. The van der Waals surface area contributed by atoms with Crippen LogP contribution in [0.25, 0.3) is 0 Å². The van der Waals surface area contributed by atoms with E-state index in [9.17, 15) is 4.79 Å². The summed E-state index contributed by atoms with van der Waals surface area (Å²) in [6.07, 6.45) is 3.24. The lowest BCUT2D eigenvalue weighted by Crippen LogP contribution is -2.35. The number of hydrogen-bond acceptors (Lipinski definition) is 4. The molecule has 2 rings (SSSR count). The lowest BCUT2D eigenvalue weighted by molar-refractivity contribution is -0.130. The molecule has 1 aromatic heterocycles. The van der Waals surface area contributed by atoms with Crippen molar-refractivity contribution in [2.24, 2.45) is 5.92 Å². The Morgan fingerprint density at radius 2 is 2.19 bits per heavy atom. The second-order valence-electron chi connectivity index (χ2n) is 5.89. The summed E-state index contributed by atoms with van der Waals surface area (Å²) in [6.45, 7) is 5.82. The first-order valence-corrected chi connectivity index (χ1v) is 8.62. The minimum Gasteiger partial charge on any atom is -0.385 e. The molecule has 118 valence electrons. The molecule has 0 spiro atoms. The molecule has 21 heavy (non-hydrogen) atoms. The molecule has 0 radical (unpaired) electrons. The SMILES string of the molecule is COCCCCCN1C(=O)C(C(C)C)NC1c1cccs1. The Hall–Kier alpha value is -0.910. The zero-order chi connectivity index (χ0) is 15.2. The normalized spacial score (nSPS) is 22.5. The van der Waals surface area contributed by atoms with Crippen molar-refractivity contribution in [1.29, 1.82) is 0 Å². The van der Waals surface area contributed by atoms with Crippen molar-refractivity contribution in [2.75, 3.05) is 20.3 Å². The van der Waals surface area contributed by atoms with Gasteiger partial charge in [-0.1, -0.05) is 19.9 Å². The number of nitrogens with zero attached hydrogens (tertiary/aromatic N) is 1. The summed E-state index contributed by atoms with van der Waals surface area (Å²) < 4.78 is 5.07. The molecule has 0 aliphatic carbocycles. The Balaban J connectivity index is 1.98. The molecule has 0 bridgehead atoms. The highest BCUT2D eigenvalue weighted by Crippen LogP contribution is 2.30. The van der Waals surface area contributed by atoms with E-state index in [2.05, 4.69) is 30.6 Å². The van der Waals surface area contributed by atoms with Gasteiger partial charge in [-0.15, -0.1) is 11.3 Å². The number of nitrogens with one attached hydrogen (secondary N) is 1. The first kappa shape index (κ1) is 16.5. The third-order valence-corrected chi connectivity index (χ3v) is 4.85. The van der Waals surface area contributed by atoms with Gasteiger partial charge in [0, 0.05) is 25.1 Å². The molecule has 1 aliphatic heterocycles. The van der Waals surface area contributed by atoms with Crippen LogP contribution in [-0.4, -0.2) is 37.1 Å². The first-order chi connectivity index (χ1) is 10.1. The fourth-order valence-electron chi connectivity index (χ4n) is 2.74. The number of unbranched alkanes of at least 4 members (excludes halogenated alkanes) is 2. The molecular formula is C16H26N2O2S. The van der Waals surface area contributed by atoms with E-state index < -0.39 is 0 Å². The number of amides is 1. The highest BCUT2D eigenvalue weighted by molar-refractivity contribution is 7.10. The van der Waals surface area contributed by atoms with E-state index in [1.165, 1.54) is 4.88 Å². The van der Waals surface area contributed by atoms with Crippen LogP contribution in [0.3, 0.4) is 0 Å². The molecule has 0 saturated carbocycles. The number of hydrogen-bond donors (Lipinski definition) is 1. The molecule has 2 heterocycles. The predicted octanol–water partition coefficient (Wildman–Crippen LogP) is 3.02. The summed E-state index contributed by atoms with van der Waals surface area (Å²) in [7, 11) is 1.73. The third-order valence-electron chi connectivity index (χ3n) is 3.93. The lowest BCUT2D eigenvalue weighted by Gasteiger charge is -2.23. The molecule has 1 saturated heterocycles. The second kappa shape index (κ2) is 7.92. The van der Waals surface area contributed by atoms with Gasteiger partial charge in [0.15, 0.2) is 0 Å². The lowest BCUT2D eigenvalue weighted by atomic mass is 10.1. The van der Waals surface area contributed by atoms with Crippen molar-refractivity contribution < 1.29 is 9.53 Å². The first-order valence-electron chi connectivity index (χ1n) is 7.74. The molecule has 1 fully saturated rings. The van der Waals surface area contributed by atoms with Gasteiger partial charge in [0.1, 0.15) is 6.17 Å². The van der Waals surface area contributed by atoms with Gasteiger partial charge in [0.25, 0.3) is 0 Å². The summed E-state index contributed by atoms with van der Waals surface area (Å²) >= 11 is 1.71. The molecule has 4 nitrogen and oxygen atoms in total. The van der Waals surface area contributed by atoms with Gasteiger partial charge in [-0.25, -0.2) is 0 Å². The van der Waals surface area contributed by atoms with Crippen LogP contribution < -0.4 is 5.32 Å². The smallest absolute Gasteiger partial charge is 0.241 e. The second-order valence-corrected chi connectivity index (χ2v) is 6.87. The Bertz CT molecular complexity index is 433. The van der Waals surface area contributed by atoms with Gasteiger partial charge in [-0.05, 0) is 36.6 Å². The van der Waals surface area contributed by atoms with Crippen molar-refractivity contribution >= 4 is 17.2 Å². The number of carbonyl (C=O) groups is 1. The van der Waals surface area contributed by atoms with Crippen molar-refractivity contribution in [3.8, 4) is 0 Å². The molecule has 2 unspecified atom stereocenters. The van der Waals surface area contributed by atoms with E-state index in [4.69, 9.17) is 4.74 Å².